The van der Waals surface area contributed by atoms with Crippen molar-refractivity contribution in [1.29, 1.82) is 0 Å². The zero-order valence-electron chi connectivity index (χ0n) is 10.1. The van der Waals surface area contributed by atoms with Gasteiger partial charge in [0, 0.05) is 25.4 Å². The number of carboxylic acid groups (broad SMARTS) is 1. The molecule has 0 saturated heterocycles. The fourth-order valence-electron chi connectivity index (χ4n) is 1.37. The van der Waals surface area contributed by atoms with E-state index in [0.717, 1.165) is 0 Å². The number of rotatable bonds is 5. The second-order valence-corrected chi connectivity index (χ2v) is 4.09. The molecule has 106 valence electrons. The van der Waals surface area contributed by atoms with Crippen molar-refractivity contribution in [2.75, 3.05) is 6.54 Å². The summed E-state index contributed by atoms with van der Waals surface area (Å²) in [7, 11) is 0. The van der Waals surface area contributed by atoms with E-state index in [1.54, 1.807) is 6.07 Å². The highest BCUT2D eigenvalue weighted by atomic mass is 19.4. The molecule has 1 aromatic rings. The molecule has 0 aromatic carbocycles. The molecule has 0 radical (unpaired) electrons. The van der Waals surface area contributed by atoms with Gasteiger partial charge in [-0.2, -0.15) is 13.2 Å². The third-order valence-electron chi connectivity index (χ3n) is 2.72. The Hall–Kier alpha value is -1.83. The summed E-state index contributed by atoms with van der Waals surface area (Å²) in [4.78, 5) is 22.0. The molecule has 1 rings (SSSR count). The lowest BCUT2D eigenvalue weighted by molar-refractivity contribution is -0.205. The molecule has 8 heteroatoms. The topological polar surface area (TPSA) is 71.3 Å². The van der Waals surface area contributed by atoms with Gasteiger partial charge in [-0.15, -0.1) is 0 Å². The quantitative estimate of drug-likeness (QED) is 0.837. The first-order valence-electron chi connectivity index (χ1n) is 5.39. The summed E-state index contributed by atoms with van der Waals surface area (Å²) >= 11 is 0. The molecule has 0 aliphatic carbocycles. The number of hydrogen-bond donors (Lipinski definition) is 2. The monoisotopic (exact) mass is 278 g/mol. The van der Waals surface area contributed by atoms with Gasteiger partial charge in [-0.25, -0.2) is 4.79 Å². The van der Waals surface area contributed by atoms with Gasteiger partial charge in [-0.05, 0) is 13.0 Å². The van der Waals surface area contributed by atoms with E-state index in [2.05, 4.69) is 0 Å². The predicted molar refractivity (Wildman–Crippen MR) is 60.8 cm³/mol. The van der Waals surface area contributed by atoms with Gasteiger partial charge in [0.05, 0.1) is 0 Å². The van der Waals surface area contributed by atoms with E-state index in [0.29, 0.717) is 6.92 Å². The maximum atomic E-state index is 12.6. The van der Waals surface area contributed by atoms with Crippen LogP contribution in [-0.4, -0.2) is 33.9 Å². The first-order valence-corrected chi connectivity index (χ1v) is 5.39. The molecule has 19 heavy (non-hydrogen) atoms. The molecule has 1 heterocycles. The largest absolute Gasteiger partial charge is 0.480 e. The highest BCUT2D eigenvalue weighted by Crippen LogP contribution is 2.30. The number of carbonyl (C=O) groups is 1. The van der Waals surface area contributed by atoms with Crippen molar-refractivity contribution in [2.24, 2.45) is 0 Å². The van der Waals surface area contributed by atoms with Gasteiger partial charge >= 0.3 is 12.1 Å². The van der Waals surface area contributed by atoms with Crippen molar-refractivity contribution in [3.63, 3.8) is 0 Å². The second kappa shape index (κ2) is 5.43. The summed E-state index contributed by atoms with van der Waals surface area (Å²) in [5, 5.41) is 10.6. The molecular weight excluding hydrogens is 265 g/mol. The minimum absolute atomic E-state index is 0.0569. The maximum Gasteiger partial charge on any atom is 0.417 e. The standard InChI is InChI=1S/C11H13F3N2O3/c1-10(9(18)19,11(12,13)14)15-5-7-16-6-3-2-4-8(16)17/h2-4,6,15H,5,7H2,1H3,(H,18,19). The van der Waals surface area contributed by atoms with Crippen molar-refractivity contribution >= 4 is 5.97 Å². The van der Waals surface area contributed by atoms with Crippen molar-refractivity contribution < 1.29 is 23.1 Å². The Morgan fingerprint density at radius 2 is 2.05 bits per heavy atom. The van der Waals surface area contributed by atoms with Crippen LogP contribution in [-0.2, 0) is 11.3 Å². The Morgan fingerprint density at radius 3 is 2.53 bits per heavy atom. The number of halogens is 3. The van der Waals surface area contributed by atoms with Crippen LogP contribution >= 0.6 is 0 Å². The van der Waals surface area contributed by atoms with E-state index in [9.17, 15) is 22.8 Å². The Labute approximate surface area is 106 Å². The summed E-state index contributed by atoms with van der Waals surface area (Å²) in [5.41, 5.74) is -3.40. The molecule has 1 atom stereocenters. The maximum absolute atomic E-state index is 12.6. The number of carboxylic acids is 1. The van der Waals surface area contributed by atoms with Crippen LogP contribution in [0.3, 0.4) is 0 Å². The van der Waals surface area contributed by atoms with Crippen LogP contribution in [0.5, 0.6) is 0 Å². The number of hydrogen-bond acceptors (Lipinski definition) is 3. The number of alkyl halides is 3. The fraction of sp³-hybridized carbons (Fsp3) is 0.455. The average molecular weight is 278 g/mol. The molecular formula is C11H13F3N2O3. The highest BCUT2D eigenvalue weighted by Gasteiger charge is 2.56. The Bertz CT molecular complexity index is 512. The highest BCUT2D eigenvalue weighted by molar-refractivity contribution is 5.79. The number of pyridine rings is 1. The second-order valence-electron chi connectivity index (χ2n) is 4.09. The van der Waals surface area contributed by atoms with Crippen LogP contribution in [0.25, 0.3) is 0 Å². The van der Waals surface area contributed by atoms with E-state index < -0.39 is 17.7 Å². The third-order valence-corrected chi connectivity index (χ3v) is 2.72. The van der Waals surface area contributed by atoms with Gasteiger partial charge < -0.3 is 9.67 Å². The van der Waals surface area contributed by atoms with Crippen LogP contribution in [0.15, 0.2) is 29.2 Å². The molecule has 0 saturated carbocycles. The molecule has 0 amide bonds. The van der Waals surface area contributed by atoms with Crippen LogP contribution < -0.4 is 10.9 Å². The average Bonchev–Trinajstić information content (AvgIpc) is 2.29. The van der Waals surface area contributed by atoms with Gasteiger partial charge in [0.15, 0.2) is 0 Å². The lowest BCUT2D eigenvalue weighted by atomic mass is 10.0. The molecule has 5 nitrogen and oxygen atoms in total. The smallest absolute Gasteiger partial charge is 0.417 e. The van der Waals surface area contributed by atoms with E-state index in [1.165, 1.54) is 22.9 Å². The first kappa shape index (κ1) is 15.2. The zero-order chi connectivity index (χ0) is 14.7. The first-order chi connectivity index (χ1) is 8.68. The lowest BCUT2D eigenvalue weighted by Crippen LogP contribution is -2.60. The van der Waals surface area contributed by atoms with E-state index in [-0.39, 0.29) is 18.6 Å². The van der Waals surface area contributed by atoms with E-state index >= 15 is 0 Å². The summed E-state index contributed by atoms with van der Waals surface area (Å²) in [5.74, 6) is -2.01. The summed E-state index contributed by atoms with van der Waals surface area (Å²) in [6.45, 7) is 0.188. The number of aromatic nitrogens is 1. The predicted octanol–water partition coefficient (Wildman–Crippen LogP) is 0.843. The summed E-state index contributed by atoms with van der Waals surface area (Å²) < 4.78 is 39.1. The van der Waals surface area contributed by atoms with Crippen LogP contribution in [0, 0.1) is 0 Å². The minimum Gasteiger partial charge on any atom is -0.480 e. The lowest BCUT2D eigenvalue weighted by Gasteiger charge is -2.28. The fourth-order valence-corrected chi connectivity index (χ4v) is 1.37. The number of aliphatic carboxylic acids is 1. The van der Waals surface area contributed by atoms with Crippen molar-refractivity contribution in [3.8, 4) is 0 Å². The van der Waals surface area contributed by atoms with Crippen molar-refractivity contribution in [3.05, 3.63) is 34.7 Å². The van der Waals surface area contributed by atoms with Crippen molar-refractivity contribution in [1.82, 2.24) is 9.88 Å². The summed E-state index contributed by atoms with van der Waals surface area (Å²) in [6, 6.07) is 4.32. The number of nitrogens with zero attached hydrogens (tertiary/aromatic N) is 1. The zero-order valence-corrected chi connectivity index (χ0v) is 10.1. The van der Waals surface area contributed by atoms with Crippen LogP contribution in [0.1, 0.15) is 6.92 Å². The molecule has 0 fully saturated rings. The summed E-state index contributed by atoms with van der Waals surface area (Å²) in [6.07, 6.45) is -3.52. The van der Waals surface area contributed by atoms with Crippen LogP contribution in [0.2, 0.25) is 0 Å². The molecule has 0 bridgehead atoms. The molecule has 0 aliphatic heterocycles. The van der Waals surface area contributed by atoms with Crippen LogP contribution in [0.4, 0.5) is 13.2 Å². The van der Waals surface area contributed by atoms with E-state index in [4.69, 9.17) is 5.11 Å². The molecule has 1 aromatic heterocycles. The number of nitrogens with one attached hydrogen (secondary N) is 1. The molecule has 1 unspecified atom stereocenters. The molecule has 2 N–H and O–H groups in total. The van der Waals surface area contributed by atoms with Gasteiger partial charge in [0.1, 0.15) is 0 Å². The molecule has 0 aliphatic rings. The Balaban J connectivity index is 2.73. The van der Waals surface area contributed by atoms with Gasteiger partial charge in [-0.1, -0.05) is 6.07 Å². The van der Waals surface area contributed by atoms with Gasteiger partial charge in [0.25, 0.3) is 5.56 Å². The SMILES string of the molecule is CC(NCCn1ccccc1=O)(C(=O)O)C(F)(F)F. The normalized spacial score (nSPS) is 14.9. The van der Waals surface area contributed by atoms with E-state index in [1.807, 2.05) is 5.32 Å². The minimum atomic E-state index is -4.93. The van der Waals surface area contributed by atoms with Gasteiger partial charge in [0.2, 0.25) is 5.54 Å². The van der Waals surface area contributed by atoms with Crippen molar-refractivity contribution in [2.45, 2.75) is 25.2 Å². The molecule has 0 spiro atoms. The Kier molecular flexibility index (Phi) is 4.35. The third kappa shape index (κ3) is 3.34. The Morgan fingerprint density at radius 1 is 1.42 bits per heavy atom. The van der Waals surface area contributed by atoms with Gasteiger partial charge in [-0.3, -0.25) is 10.1 Å².